The third-order valence-corrected chi connectivity index (χ3v) is 4.42. The van der Waals surface area contributed by atoms with Gasteiger partial charge in [-0.15, -0.1) is 0 Å². The van der Waals surface area contributed by atoms with Gasteiger partial charge in [0.25, 0.3) is 0 Å². The number of carbonyl (C=O) groups is 2. The summed E-state index contributed by atoms with van der Waals surface area (Å²) in [5.74, 6) is 0.478. The number of benzene rings is 2. The highest BCUT2D eigenvalue weighted by Crippen LogP contribution is 2.25. The van der Waals surface area contributed by atoms with Gasteiger partial charge >= 0.3 is 0 Å². The molecule has 4 nitrogen and oxygen atoms in total. The molecule has 4 heteroatoms. The van der Waals surface area contributed by atoms with Gasteiger partial charge in [0.15, 0.2) is 0 Å². The number of phenols is 1. The van der Waals surface area contributed by atoms with Gasteiger partial charge in [-0.2, -0.15) is 0 Å². The number of carbonyl (C=O) groups excluding carboxylic acids is 2. The molecule has 3 rings (SSSR count). The molecule has 0 unspecified atom stereocenters. The zero-order valence-corrected chi connectivity index (χ0v) is 14.0. The summed E-state index contributed by atoms with van der Waals surface area (Å²) in [6.07, 6.45) is 1.95. The molecule has 1 heterocycles. The fraction of sp³-hybridized carbons (Fsp3) is 0.300. The summed E-state index contributed by atoms with van der Waals surface area (Å²) in [7, 11) is 0. The number of ketones is 1. The molecule has 1 aliphatic rings. The third-order valence-electron chi connectivity index (χ3n) is 4.42. The van der Waals surface area contributed by atoms with Crippen molar-refractivity contribution in [2.45, 2.75) is 39.5 Å². The van der Waals surface area contributed by atoms with Crippen LogP contribution in [0.2, 0.25) is 0 Å². The van der Waals surface area contributed by atoms with Crippen LogP contribution in [0.5, 0.6) is 5.75 Å². The zero-order valence-electron chi connectivity index (χ0n) is 14.0. The van der Waals surface area contributed by atoms with E-state index in [9.17, 15) is 14.7 Å². The molecule has 2 aromatic carbocycles. The normalized spacial score (nSPS) is 13.3. The summed E-state index contributed by atoms with van der Waals surface area (Å²) in [5, 5.41) is 12.7. The Balaban J connectivity index is 1.70. The lowest BCUT2D eigenvalue weighted by molar-refractivity contribution is -0.118. The molecule has 0 aromatic heterocycles. The van der Waals surface area contributed by atoms with Gasteiger partial charge in [-0.05, 0) is 54.2 Å². The maximum absolute atomic E-state index is 12.4. The molecule has 0 atom stereocenters. The monoisotopic (exact) mass is 323 g/mol. The fourth-order valence-electron chi connectivity index (χ4n) is 3.21. The maximum atomic E-state index is 12.4. The molecule has 0 saturated heterocycles. The number of aromatic hydroxyl groups is 1. The molecular weight excluding hydrogens is 302 g/mol. The number of hydrogen-bond donors (Lipinski definition) is 2. The number of phenolic OH excluding ortho intramolecular Hbond substituents is 1. The number of Topliss-reactive ketones (excluding diaryl/α,β-unsaturated/α-hetero) is 1. The highest BCUT2D eigenvalue weighted by molar-refractivity contribution is 5.94. The van der Waals surface area contributed by atoms with Gasteiger partial charge in [-0.3, -0.25) is 9.59 Å². The first kappa shape index (κ1) is 16.2. The number of aryl methyl sites for hydroxylation is 3. The summed E-state index contributed by atoms with van der Waals surface area (Å²) in [5.41, 5.74) is 5.44. The minimum Gasteiger partial charge on any atom is -0.507 e. The van der Waals surface area contributed by atoms with Gasteiger partial charge in [-0.1, -0.05) is 24.3 Å². The minimum atomic E-state index is 0.0457. The standard InChI is InChI=1S/C20H21NO3/c1-12-7-15(8-13(2)20(12)24)11-17(22)10-14-3-5-18-16(9-14)4-6-19(23)21-18/h3,5,7-9,24H,4,6,10-11H2,1-2H3,(H,21,23). The van der Waals surface area contributed by atoms with Gasteiger partial charge in [0.05, 0.1) is 0 Å². The smallest absolute Gasteiger partial charge is 0.224 e. The van der Waals surface area contributed by atoms with Crippen LogP contribution in [-0.4, -0.2) is 16.8 Å². The average molecular weight is 323 g/mol. The molecule has 124 valence electrons. The first-order chi connectivity index (χ1) is 11.4. The fourth-order valence-corrected chi connectivity index (χ4v) is 3.21. The average Bonchev–Trinajstić information content (AvgIpc) is 2.52. The second kappa shape index (κ2) is 6.48. The van der Waals surface area contributed by atoms with Crippen LogP contribution in [0.4, 0.5) is 5.69 Å². The molecule has 0 radical (unpaired) electrons. The van der Waals surface area contributed by atoms with Crippen LogP contribution in [0.3, 0.4) is 0 Å². The van der Waals surface area contributed by atoms with Crippen LogP contribution >= 0.6 is 0 Å². The summed E-state index contributed by atoms with van der Waals surface area (Å²) >= 11 is 0. The van der Waals surface area contributed by atoms with Gasteiger partial charge in [0, 0.05) is 24.9 Å². The third kappa shape index (κ3) is 3.48. The van der Waals surface area contributed by atoms with Crippen LogP contribution < -0.4 is 5.32 Å². The van der Waals surface area contributed by atoms with Crippen LogP contribution in [0.1, 0.15) is 34.2 Å². The molecule has 1 amide bonds. The van der Waals surface area contributed by atoms with E-state index in [2.05, 4.69) is 5.32 Å². The SMILES string of the molecule is Cc1cc(CC(=O)Cc2ccc3c(c2)CCC(=O)N3)cc(C)c1O. The highest BCUT2D eigenvalue weighted by Gasteiger charge is 2.16. The van der Waals surface area contributed by atoms with Crippen LogP contribution in [0.25, 0.3) is 0 Å². The Morgan fingerprint density at radius 3 is 2.42 bits per heavy atom. The van der Waals surface area contributed by atoms with E-state index in [1.807, 2.05) is 44.2 Å². The molecule has 0 aliphatic carbocycles. The number of hydrogen-bond acceptors (Lipinski definition) is 3. The lowest BCUT2D eigenvalue weighted by Crippen LogP contribution is -2.19. The molecule has 1 aliphatic heterocycles. The van der Waals surface area contributed by atoms with Gasteiger partial charge in [-0.25, -0.2) is 0 Å². The molecule has 0 saturated carbocycles. The van der Waals surface area contributed by atoms with Crippen molar-refractivity contribution < 1.29 is 14.7 Å². The topological polar surface area (TPSA) is 66.4 Å². The van der Waals surface area contributed by atoms with E-state index in [1.165, 1.54) is 0 Å². The van der Waals surface area contributed by atoms with E-state index >= 15 is 0 Å². The van der Waals surface area contributed by atoms with E-state index in [4.69, 9.17) is 0 Å². The molecule has 24 heavy (non-hydrogen) atoms. The predicted octanol–water partition coefficient (Wildman–Crippen LogP) is 3.25. The summed E-state index contributed by atoms with van der Waals surface area (Å²) in [6.45, 7) is 3.68. The number of fused-ring (bicyclic) bond motifs is 1. The van der Waals surface area contributed by atoms with Crippen LogP contribution in [0.15, 0.2) is 30.3 Å². The van der Waals surface area contributed by atoms with Crippen molar-refractivity contribution in [2.24, 2.45) is 0 Å². The van der Waals surface area contributed by atoms with E-state index in [0.717, 1.165) is 39.9 Å². The van der Waals surface area contributed by atoms with E-state index < -0.39 is 0 Å². The number of rotatable bonds is 4. The Bertz CT molecular complexity index is 801. The van der Waals surface area contributed by atoms with E-state index in [1.54, 1.807) is 0 Å². The second-order valence-corrected chi connectivity index (χ2v) is 6.51. The van der Waals surface area contributed by atoms with Crippen molar-refractivity contribution in [1.29, 1.82) is 0 Å². The Morgan fingerprint density at radius 2 is 1.71 bits per heavy atom. The molecule has 2 aromatic rings. The summed E-state index contributed by atoms with van der Waals surface area (Å²) in [4.78, 5) is 23.8. The van der Waals surface area contributed by atoms with Gasteiger partial charge in [0.1, 0.15) is 11.5 Å². The predicted molar refractivity (Wildman–Crippen MR) is 93.4 cm³/mol. The van der Waals surface area contributed by atoms with E-state index in [0.29, 0.717) is 25.0 Å². The summed E-state index contributed by atoms with van der Waals surface area (Å²) < 4.78 is 0. The van der Waals surface area contributed by atoms with Gasteiger partial charge in [0.2, 0.25) is 5.91 Å². The Morgan fingerprint density at radius 1 is 1.04 bits per heavy atom. The van der Waals surface area contributed by atoms with Crippen molar-refractivity contribution in [1.82, 2.24) is 0 Å². The number of amides is 1. The molecular formula is C20H21NO3. The van der Waals surface area contributed by atoms with Crippen molar-refractivity contribution in [3.8, 4) is 5.75 Å². The van der Waals surface area contributed by atoms with Crippen molar-refractivity contribution >= 4 is 17.4 Å². The molecule has 0 fully saturated rings. The van der Waals surface area contributed by atoms with Crippen LogP contribution in [0, 0.1) is 13.8 Å². The number of nitrogens with one attached hydrogen (secondary N) is 1. The molecule has 2 N–H and O–H groups in total. The lowest BCUT2D eigenvalue weighted by Gasteiger charge is -2.17. The Labute approximate surface area is 141 Å². The zero-order chi connectivity index (χ0) is 17.3. The first-order valence-electron chi connectivity index (χ1n) is 8.15. The van der Waals surface area contributed by atoms with Gasteiger partial charge < -0.3 is 10.4 Å². The van der Waals surface area contributed by atoms with Crippen molar-refractivity contribution in [3.05, 3.63) is 58.1 Å². The quantitative estimate of drug-likeness (QED) is 0.907. The summed E-state index contributed by atoms with van der Waals surface area (Å²) in [6, 6.07) is 9.52. The molecule has 0 spiro atoms. The largest absolute Gasteiger partial charge is 0.507 e. The van der Waals surface area contributed by atoms with Crippen LogP contribution in [-0.2, 0) is 28.9 Å². The van der Waals surface area contributed by atoms with E-state index in [-0.39, 0.29) is 11.7 Å². The van der Waals surface area contributed by atoms with Crippen molar-refractivity contribution in [2.75, 3.05) is 5.32 Å². The number of anilines is 1. The minimum absolute atomic E-state index is 0.0457. The Kier molecular flexibility index (Phi) is 4.38. The lowest BCUT2D eigenvalue weighted by atomic mass is 9.96. The highest BCUT2D eigenvalue weighted by atomic mass is 16.3. The first-order valence-corrected chi connectivity index (χ1v) is 8.15. The molecule has 0 bridgehead atoms. The van der Waals surface area contributed by atoms with Crippen molar-refractivity contribution in [3.63, 3.8) is 0 Å². The Hall–Kier alpha value is -2.62. The maximum Gasteiger partial charge on any atom is 0.224 e. The second-order valence-electron chi connectivity index (χ2n) is 6.51.